The largest absolute Gasteiger partial charge is 4.00 e. The predicted octanol–water partition coefficient (Wildman–Crippen LogP) is 1.99. The Bertz CT molecular complexity index is 46.6. The third-order valence-electron chi connectivity index (χ3n) is 0. The fourth-order valence-electron chi connectivity index (χ4n) is 0. The van der Waals surface area contributed by atoms with Crippen LogP contribution in [0.25, 0.3) is 0 Å². The van der Waals surface area contributed by atoms with Crippen molar-refractivity contribution in [2.75, 3.05) is 7.11 Å². The van der Waals surface area contributed by atoms with E-state index in [9.17, 15) is 0 Å². The Morgan fingerprint density at radius 2 is 0.833 bits per heavy atom. The van der Waals surface area contributed by atoms with E-state index < -0.39 is 0 Å². The molecule has 12 heavy (non-hydrogen) atoms. The molecule has 0 aromatic rings. The van der Waals surface area contributed by atoms with Crippen LogP contribution in [0, 0.1) is 20.8 Å². The van der Waals surface area contributed by atoms with Gasteiger partial charge in [0, 0.05) is 0 Å². The molecule has 0 aliphatic carbocycles. The maximum atomic E-state index is 8.25. The van der Waals surface area contributed by atoms with Crippen LogP contribution in [0.3, 0.4) is 0 Å². The van der Waals surface area contributed by atoms with Gasteiger partial charge in [-0.25, -0.2) is 58.7 Å². The van der Waals surface area contributed by atoms with Gasteiger partial charge >= 0.3 is 21.7 Å². The van der Waals surface area contributed by atoms with E-state index >= 15 is 0 Å². The topological polar surface area (TPSA) is 23.1 Å². The zero-order valence-electron chi connectivity index (χ0n) is 7.88. The van der Waals surface area contributed by atoms with Crippen LogP contribution >= 0.6 is 0 Å². The molecule has 0 heterocycles. The molecule has 2 heteroatoms. The van der Waals surface area contributed by atoms with Crippen LogP contribution in [-0.2, 0) is 21.7 Å². The molecule has 0 bridgehead atoms. The molecule has 0 unspecified atom stereocenters. The Kier molecular flexibility index (Phi) is 378. The number of hydrogen-bond donors (Lipinski definition) is 0. The normalized spacial score (nSPS) is 3.50. The molecule has 0 aliphatic rings. The summed E-state index contributed by atoms with van der Waals surface area (Å²) in [6, 6.07) is 0. The van der Waals surface area contributed by atoms with Gasteiger partial charge < -0.3 is 5.11 Å². The average molecular weight is 202 g/mol. The maximum Gasteiger partial charge on any atom is 4.00 e. The molecule has 0 rings (SSSR count). The summed E-state index contributed by atoms with van der Waals surface area (Å²) in [5.41, 5.74) is 0. The van der Waals surface area contributed by atoms with Crippen LogP contribution in [-0.4, -0.2) is 7.11 Å². The van der Waals surface area contributed by atoms with E-state index in [1.165, 1.54) is 18.2 Å². The second-order valence-electron chi connectivity index (χ2n) is 0.866. The number of rotatable bonds is 0. The predicted molar refractivity (Wildman–Crippen MR) is 52.6 cm³/mol. The van der Waals surface area contributed by atoms with Crippen molar-refractivity contribution in [3.05, 3.63) is 58.7 Å². The summed E-state index contributed by atoms with van der Waals surface area (Å²) in [6.45, 7) is 19.5. The Balaban J connectivity index is -0.0000000179. The van der Waals surface area contributed by atoms with Crippen molar-refractivity contribution < 1.29 is 26.8 Å². The van der Waals surface area contributed by atoms with Crippen molar-refractivity contribution in [2.45, 2.75) is 0 Å². The summed E-state index contributed by atoms with van der Waals surface area (Å²) in [5.74, 6) is 0. The fourth-order valence-corrected chi connectivity index (χ4v) is 0. The molecular formula is C10H18OTi. The quantitative estimate of drug-likeness (QED) is 0.435. The average Bonchev–Trinajstić information content (AvgIpc) is 1.96. The van der Waals surface area contributed by atoms with Gasteiger partial charge in [0.15, 0.2) is 0 Å². The molecule has 0 fully saturated rings. The minimum absolute atomic E-state index is 0. The fraction of sp³-hybridized carbons (Fsp3) is 0.100. The first-order chi connectivity index (χ1) is 5.24. The molecule has 0 radical (unpaired) electrons. The van der Waals surface area contributed by atoms with Crippen molar-refractivity contribution in [1.82, 2.24) is 0 Å². The van der Waals surface area contributed by atoms with E-state index in [0.29, 0.717) is 0 Å². The zero-order valence-corrected chi connectivity index (χ0v) is 9.44. The minimum Gasteiger partial charge on any atom is -0.857 e. The molecule has 68 valence electrons. The molecule has 0 aromatic heterocycles. The third kappa shape index (κ3) is 2800. The van der Waals surface area contributed by atoms with Gasteiger partial charge in [0.2, 0.25) is 0 Å². The first-order valence-electron chi connectivity index (χ1n) is 2.86. The molecule has 1 nitrogen and oxygen atoms in total. The Labute approximate surface area is 92.8 Å². The van der Waals surface area contributed by atoms with Gasteiger partial charge in [-0.1, -0.05) is 0 Å². The van der Waals surface area contributed by atoms with Crippen LogP contribution in [0.2, 0.25) is 0 Å². The smallest absolute Gasteiger partial charge is 0.857 e. The van der Waals surface area contributed by atoms with Crippen molar-refractivity contribution in [3.63, 3.8) is 0 Å². The second-order valence-corrected chi connectivity index (χ2v) is 0.866. The monoisotopic (exact) mass is 202 g/mol. The van der Waals surface area contributed by atoms with Crippen molar-refractivity contribution in [1.29, 1.82) is 0 Å². The molecular weight excluding hydrogens is 184 g/mol. The summed E-state index contributed by atoms with van der Waals surface area (Å²) in [5, 5.41) is 8.25. The molecule has 0 spiro atoms. The van der Waals surface area contributed by atoms with Crippen LogP contribution in [0.4, 0.5) is 0 Å². The first kappa shape index (κ1) is 30.0. The third-order valence-corrected chi connectivity index (χ3v) is 0. The van der Waals surface area contributed by atoms with Crippen molar-refractivity contribution >= 4 is 0 Å². The Morgan fingerprint density at radius 1 is 0.833 bits per heavy atom. The van der Waals surface area contributed by atoms with Crippen LogP contribution in [0.5, 0.6) is 0 Å². The second kappa shape index (κ2) is 151. The Hall–Kier alpha value is -0.496. The van der Waals surface area contributed by atoms with E-state index in [1.807, 2.05) is 0 Å². The summed E-state index contributed by atoms with van der Waals surface area (Å²) >= 11 is 0. The molecule has 0 atom stereocenters. The van der Waals surface area contributed by atoms with Crippen molar-refractivity contribution in [2.24, 2.45) is 0 Å². The summed E-state index contributed by atoms with van der Waals surface area (Å²) in [4.78, 5) is 0. The standard InChI is InChI=1S/3C3H5.CH3O.Ti/c3*1-3-2;1-2;/h3*3H,1-2H2;1H3;/q4*-1;+4. The van der Waals surface area contributed by atoms with E-state index in [2.05, 4.69) is 40.5 Å². The van der Waals surface area contributed by atoms with E-state index in [1.54, 1.807) is 0 Å². The molecule has 0 aromatic carbocycles. The summed E-state index contributed by atoms with van der Waals surface area (Å²) < 4.78 is 0. The van der Waals surface area contributed by atoms with Gasteiger partial charge in [0.05, 0.1) is 0 Å². The Morgan fingerprint density at radius 3 is 0.833 bits per heavy atom. The van der Waals surface area contributed by atoms with Gasteiger partial charge in [-0.2, -0.15) is 7.11 Å². The zero-order chi connectivity index (χ0) is 10.1. The molecule has 0 aliphatic heterocycles. The molecule has 0 N–H and O–H groups in total. The van der Waals surface area contributed by atoms with Crippen LogP contribution < -0.4 is 5.11 Å². The van der Waals surface area contributed by atoms with Crippen LogP contribution in [0.1, 0.15) is 0 Å². The van der Waals surface area contributed by atoms with E-state index in [4.69, 9.17) is 5.11 Å². The number of hydrogen-bond acceptors (Lipinski definition) is 1. The SMILES string of the molecule is C=C[CH2-].C=C[CH2-].C=C[CH2-].C[O-].[Ti+4]. The molecule has 0 saturated heterocycles. The molecule has 0 amide bonds. The van der Waals surface area contributed by atoms with Gasteiger partial charge in [0.1, 0.15) is 0 Å². The minimum atomic E-state index is 0. The van der Waals surface area contributed by atoms with E-state index in [-0.39, 0.29) is 21.7 Å². The van der Waals surface area contributed by atoms with Gasteiger partial charge in [-0.3, -0.25) is 0 Å². The van der Waals surface area contributed by atoms with Gasteiger partial charge in [-0.05, 0) is 0 Å². The van der Waals surface area contributed by atoms with Gasteiger partial charge in [0.25, 0.3) is 0 Å². The molecule has 0 saturated carbocycles. The van der Waals surface area contributed by atoms with Crippen LogP contribution in [0.15, 0.2) is 38.0 Å². The maximum absolute atomic E-state index is 8.25. The summed E-state index contributed by atoms with van der Waals surface area (Å²) in [7, 11) is 0.750. The first-order valence-corrected chi connectivity index (χ1v) is 2.86. The number of allylic oxidation sites excluding steroid dienone is 3. The van der Waals surface area contributed by atoms with Gasteiger partial charge in [-0.15, -0.1) is 0 Å². The summed E-state index contributed by atoms with van der Waals surface area (Å²) in [6.07, 6.45) is 4.50. The van der Waals surface area contributed by atoms with E-state index in [0.717, 1.165) is 7.11 Å². The van der Waals surface area contributed by atoms with Crippen molar-refractivity contribution in [3.8, 4) is 0 Å².